The maximum absolute atomic E-state index is 11.6. The number of amides is 2. The first kappa shape index (κ1) is 16.2. The molecule has 2 aromatic rings. The number of rotatable bonds is 6. The van der Waals surface area contributed by atoms with Crippen molar-refractivity contribution in [3.8, 4) is 0 Å². The second-order valence-corrected chi connectivity index (χ2v) is 4.66. The standard InChI is InChI=1S/C17H17N3O3/c1-13(14-6-3-2-4-7-14)19-20-17(22)12-18-16(21)10-9-15-8-5-11-23-15/h2-11H,12H2,1H3,(H,18,21)(H,20,22)/b10-9+,19-13+. The summed E-state index contributed by atoms with van der Waals surface area (Å²) < 4.78 is 5.05. The van der Waals surface area contributed by atoms with Crippen LogP contribution in [0, 0.1) is 0 Å². The molecule has 0 aliphatic rings. The van der Waals surface area contributed by atoms with Crippen LogP contribution in [0.25, 0.3) is 6.08 Å². The zero-order valence-corrected chi connectivity index (χ0v) is 12.7. The highest BCUT2D eigenvalue weighted by atomic mass is 16.3. The maximum Gasteiger partial charge on any atom is 0.259 e. The largest absolute Gasteiger partial charge is 0.465 e. The van der Waals surface area contributed by atoms with Crippen LogP contribution in [-0.2, 0) is 9.59 Å². The minimum atomic E-state index is -0.403. The SMILES string of the molecule is C/C(=N\NC(=O)CNC(=O)/C=C/c1ccco1)c1ccccc1. The Labute approximate surface area is 133 Å². The zero-order valence-electron chi connectivity index (χ0n) is 12.7. The van der Waals surface area contributed by atoms with Gasteiger partial charge in [-0.3, -0.25) is 9.59 Å². The molecule has 0 spiro atoms. The van der Waals surface area contributed by atoms with Gasteiger partial charge in [0.25, 0.3) is 5.91 Å². The van der Waals surface area contributed by atoms with Crippen molar-refractivity contribution in [3.63, 3.8) is 0 Å². The number of carbonyl (C=O) groups excluding carboxylic acids is 2. The van der Waals surface area contributed by atoms with Crippen LogP contribution in [0.15, 0.2) is 64.3 Å². The van der Waals surface area contributed by atoms with Crippen molar-refractivity contribution in [3.05, 3.63) is 66.1 Å². The molecule has 2 rings (SSSR count). The van der Waals surface area contributed by atoms with Crippen LogP contribution >= 0.6 is 0 Å². The molecule has 23 heavy (non-hydrogen) atoms. The summed E-state index contributed by atoms with van der Waals surface area (Å²) in [6, 6.07) is 12.9. The fraction of sp³-hybridized carbons (Fsp3) is 0.118. The Morgan fingerprint density at radius 2 is 1.96 bits per heavy atom. The van der Waals surface area contributed by atoms with E-state index in [1.807, 2.05) is 30.3 Å². The number of hydrazone groups is 1. The molecule has 0 unspecified atom stereocenters. The summed E-state index contributed by atoms with van der Waals surface area (Å²) in [4.78, 5) is 23.2. The normalized spacial score (nSPS) is 11.4. The van der Waals surface area contributed by atoms with Crippen LogP contribution in [0.2, 0.25) is 0 Å². The Balaban J connectivity index is 1.75. The lowest BCUT2D eigenvalue weighted by molar-refractivity contribution is -0.123. The van der Waals surface area contributed by atoms with E-state index in [2.05, 4.69) is 15.8 Å². The van der Waals surface area contributed by atoms with Crippen molar-refractivity contribution in [2.45, 2.75) is 6.92 Å². The van der Waals surface area contributed by atoms with E-state index >= 15 is 0 Å². The summed E-state index contributed by atoms with van der Waals surface area (Å²) in [6.45, 7) is 1.63. The van der Waals surface area contributed by atoms with Crippen molar-refractivity contribution >= 4 is 23.6 Å². The summed E-state index contributed by atoms with van der Waals surface area (Å²) in [5, 5.41) is 6.45. The smallest absolute Gasteiger partial charge is 0.259 e. The van der Waals surface area contributed by atoms with Crippen LogP contribution in [0.4, 0.5) is 0 Å². The van der Waals surface area contributed by atoms with Gasteiger partial charge in [0.1, 0.15) is 5.76 Å². The number of nitrogens with one attached hydrogen (secondary N) is 2. The molecule has 0 saturated carbocycles. The Morgan fingerprint density at radius 3 is 2.65 bits per heavy atom. The van der Waals surface area contributed by atoms with Crippen molar-refractivity contribution in [1.82, 2.24) is 10.7 Å². The molecule has 0 atom stereocenters. The van der Waals surface area contributed by atoms with Gasteiger partial charge in [0, 0.05) is 6.08 Å². The number of benzene rings is 1. The van der Waals surface area contributed by atoms with E-state index in [0.717, 1.165) is 5.56 Å². The molecule has 1 aromatic heterocycles. The van der Waals surface area contributed by atoms with Gasteiger partial charge in [0.05, 0.1) is 18.5 Å². The first-order valence-corrected chi connectivity index (χ1v) is 7.03. The van der Waals surface area contributed by atoms with E-state index in [0.29, 0.717) is 11.5 Å². The van der Waals surface area contributed by atoms with Crippen LogP contribution < -0.4 is 10.7 Å². The van der Waals surface area contributed by atoms with Gasteiger partial charge < -0.3 is 9.73 Å². The Bertz CT molecular complexity index is 704. The van der Waals surface area contributed by atoms with Crippen molar-refractivity contribution in [2.24, 2.45) is 5.10 Å². The van der Waals surface area contributed by atoms with Crippen molar-refractivity contribution in [1.29, 1.82) is 0 Å². The van der Waals surface area contributed by atoms with Gasteiger partial charge in [-0.1, -0.05) is 30.3 Å². The summed E-state index contributed by atoms with van der Waals surface area (Å²) in [5.41, 5.74) is 4.00. The van der Waals surface area contributed by atoms with Crippen molar-refractivity contribution in [2.75, 3.05) is 6.54 Å². The maximum atomic E-state index is 11.6. The predicted octanol–water partition coefficient (Wildman–Crippen LogP) is 1.95. The molecule has 118 valence electrons. The molecule has 6 nitrogen and oxygen atoms in total. The molecule has 0 aliphatic heterocycles. The van der Waals surface area contributed by atoms with E-state index in [-0.39, 0.29) is 12.5 Å². The average molecular weight is 311 g/mol. The Morgan fingerprint density at radius 1 is 1.17 bits per heavy atom. The summed E-state index contributed by atoms with van der Waals surface area (Å²) in [6.07, 6.45) is 4.33. The minimum absolute atomic E-state index is 0.160. The highest BCUT2D eigenvalue weighted by Crippen LogP contribution is 2.01. The molecule has 2 amide bonds. The number of carbonyl (C=O) groups is 2. The number of hydrogen-bond donors (Lipinski definition) is 2. The molecule has 1 aromatic carbocycles. The monoisotopic (exact) mass is 311 g/mol. The zero-order chi connectivity index (χ0) is 16.5. The van der Waals surface area contributed by atoms with Crippen molar-refractivity contribution < 1.29 is 14.0 Å². The summed E-state index contributed by atoms with van der Waals surface area (Å²) >= 11 is 0. The lowest BCUT2D eigenvalue weighted by atomic mass is 10.1. The molecule has 0 bridgehead atoms. The molecular formula is C17H17N3O3. The topological polar surface area (TPSA) is 83.7 Å². The van der Waals surface area contributed by atoms with E-state index in [1.165, 1.54) is 18.4 Å². The van der Waals surface area contributed by atoms with Crippen LogP contribution in [-0.4, -0.2) is 24.1 Å². The quantitative estimate of drug-likeness (QED) is 0.486. The lowest BCUT2D eigenvalue weighted by Gasteiger charge is -2.03. The van der Waals surface area contributed by atoms with Crippen LogP contribution in [0.3, 0.4) is 0 Å². The highest BCUT2D eigenvalue weighted by molar-refractivity contribution is 5.99. The van der Waals surface area contributed by atoms with Gasteiger partial charge in [-0.15, -0.1) is 0 Å². The molecule has 0 fully saturated rings. The summed E-state index contributed by atoms with van der Waals surface area (Å²) in [5.74, 6) is -0.229. The van der Waals surface area contributed by atoms with Crippen LogP contribution in [0.5, 0.6) is 0 Å². The van der Waals surface area contributed by atoms with Crippen LogP contribution in [0.1, 0.15) is 18.2 Å². The highest BCUT2D eigenvalue weighted by Gasteiger charge is 2.03. The average Bonchev–Trinajstić information content (AvgIpc) is 3.10. The molecule has 0 aliphatic carbocycles. The Kier molecular flexibility index (Phi) is 5.88. The third-order valence-electron chi connectivity index (χ3n) is 2.91. The van der Waals surface area contributed by atoms with Gasteiger partial charge in [-0.25, -0.2) is 5.43 Å². The van der Waals surface area contributed by atoms with Gasteiger partial charge in [-0.05, 0) is 30.7 Å². The number of hydrogen-bond acceptors (Lipinski definition) is 4. The lowest BCUT2D eigenvalue weighted by Crippen LogP contribution is -2.34. The van der Waals surface area contributed by atoms with Gasteiger partial charge in [-0.2, -0.15) is 5.10 Å². The van der Waals surface area contributed by atoms with E-state index in [1.54, 1.807) is 19.1 Å². The number of furan rings is 1. The van der Waals surface area contributed by atoms with E-state index in [9.17, 15) is 9.59 Å². The molecule has 2 N–H and O–H groups in total. The third kappa shape index (κ3) is 5.62. The second-order valence-electron chi connectivity index (χ2n) is 4.66. The first-order valence-electron chi connectivity index (χ1n) is 7.03. The molecule has 0 radical (unpaired) electrons. The predicted molar refractivity (Wildman–Crippen MR) is 87.5 cm³/mol. The minimum Gasteiger partial charge on any atom is -0.465 e. The van der Waals surface area contributed by atoms with Gasteiger partial charge in [0.2, 0.25) is 5.91 Å². The van der Waals surface area contributed by atoms with Gasteiger partial charge in [0.15, 0.2) is 0 Å². The third-order valence-corrected chi connectivity index (χ3v) is 2.91. The summed E-state index contributed by atoms with van der Waals surface area (Å²) in [7, 11) is 0. The van der Waals surface area contributed by atoms with Gasteiger partial charge >= 0.3 is 0 Å². The fourth-order valence-electron chi connectivity index (χ4n) is 1.70. The van der Waals surface area contributed by atoms with E-state index in [4.69, 9.17) is 4.42 Å². The molecule has 6 heteroatoms. The molecular weight excluding hydrogens is 294 g/mol. The molecule has 1 heterocycles. The molecule has 0 saturated heterocycles. The fourth-order valence-corrected chi connectivity index (χ4v) is 1.70. The number of nitrogens with zero attached hydrogens (tertiary/aromatic N) is 1. The second kappa shape index (κ2) is 8.33. The van der Waals surface area contributed by atoms with E-state index < -0.39 is 5.91 Å². The Hall–Kier alpha value is -3.15. The first-order chi connectivity index (χ1) is 11.1.